The Kier molecular flexibility index (Phi) is 8.12. The molecule has 21 heavy (non-hydrogen) atoms. The van der Waals surface area contributed by atoms with Crippen LogP contribution in [-0.2, 0) is 14.3 Å². The van der Waals surface area contributed by atoms with Crippen molar-refractivity contribution < 1.29 is 14.3 Å². The second kappa shape index (κ2) is 9.60. The van der Waals surface area contributed by atoms with Crippen LogP contribution < -0.4 is 10.6 Å². The van der Waals surface area contributed by atoms with Crippen molar-refractivity contribution in [2.24, 2.45) is 0 Å². The number of esters is 1. The highest BCUT2D eigenvalue weighted by molar-refractivity contribution is 6.35. The summed E-state index contributed by atoms with van der Waals surface area (Å²) in [4.78, 5) is 22.8. The number of carbonyl (C=O) groups is 2. The van der Waals surface area contributed by atoms with Gasteiger partial charge in [0, 0.05) is 24.5 Å². The van der Waals surface area contributed by atoms with Crippen molar-refractivity contribution in [3.05, 3.63) is 28.2 Å². The van der Waals surface area contributed by atoms with Crippen molar-refractivity contribution in [2.75, 3.05) is 25.0 Å². The maximum atomic E-state index is 11.7. The van der Waals surface area contributed by atoms with E-state index in [4.69, 9.17) is 27.9 Å². The monoisotopic (exact) mass is 332 g/mol. The molecule has 0 aromatic heterocycles. The van der Waals surface area contributed by atoms with Crippen LogP contribution in [-0.4, -0.2) is 31.6 Å². The smallest absolute Gasteiger partial charge is 0.307 e. The highest BCUT2D eigenvalue weighted by atomic mass is 35.5. The third-order valence-electron chi connectivity index (χ3n) is 2.54. The summed E-state index contributed by atoms with van der Waals surface area (Å²) in [6, 6.07) is 4.86. The summed E-state index contributed by atoms with van der Waals surface area (Å²) in [6.07, 6.45) is 0.557. The SMILES string of the molecule is CCOC(=O)CCNCCC(=O)Nc1cc(Cl)ccc1Cl. The highest BCUT2D eigenvalue weighted by Gasteiger charge is 2.07. The molecule has 0 aliphatic heterocycles. The van der Waals surface area contributed by atoms with E-state index >= 15 is 0 Å². The minimum atomic E-state index is -0.250. The van der Waals surface area contributed by atoms with Crippen molar-refractivity contribution >= 4 is 40.8 Å². The fourth-order valence-electron chi connectivity index (χ4n) is 1.56. The largest absolute Gasteiger partial charge is 0.466 e. The molecule has 2 N–H and O–H groups in total. The van der Waals surface area contributed by atoms with Crippen LogP contribution in [0.5, 0.6) is 0 Å². The van der Waals surface area contributed by atoms with E-state index in [1.807, 2.05) is 0 Å². The van der Waals surface area contributed by atoms with E-state index in [0.717, 1.165) is 0 Å². The number of hydrogen-bond acceptors (Lipinski definition) is 4. The van der Waals surface area contributed by atoms with Gasteiger partial charge in [0.05, 0.1) is 23.7 Å². The fraction of sp³-hybridized carbons (Fsp3) is 0.429. The van der Waals surface area contributed by atoms with Crippen LogP contribution >= 0.6 is 23.2 Å². The molecule has 0 aliphatic carbocycles. The van der Waals surface area contributed by atoms with Crippen LogP contribution in [0.2, 0.25) is 10.0 Å². The number of halogens is 2. The number of rotatable bonds is 8. The van der Waals surface area contributed by atoms with Crippen LogP contribution in [0.15, 0.2) is 18.2 Å². The number of hydrogen-bond donors (Lipinski definition) is 2. The van der Waals surface area contributed by atoms with Gasteiger partial charge in [-0.25, -0.2) is 0 Å². The van der Waals surface area contributed by atoms with E-state index < -0.39 is 0 Å². The van der Waals surface area contributed by atoms with Gasteiger partial charge in [0.2, 0.25) is 5.91 Å². The molecular formula is C14H18Cl2N2O3. The number of anilines is 1. The maximum absolute atomic E-state index is 11.7. The number of nitrogens with one attached hydrogen (secondary N) is 2. The Morgan fingerprint density at radius 2 is 1.90 bits per heavy atom. The van der Waals surface area contributed by atoms with Crippen molar-refractivity contribution in [3.8, 4) is 0 Å². The van der Waals surface area contributed by atoms with Gasteiger partial charge in [-0.15, -0.1) is 0 Å². The molecule has 0 saturated heterocycles. The molecule has 0 saturated carbocycles. The van der Waals surface area contributed by atoms with Gasteiger partial charge in [0.1, 0.15) is 0 Å². The third kappa shape index (κ3) is 7.32. The summed E-state index contributed by atoms with van der Waals surface area (Å²) < 4.78 is 4.79. The average Bonchev–Trinajstić information content (AvgIpc) is 2.43. The van der Waals surface area contributed by atoms with E-state index in [0.29, 0.717) is 35.4 Å². The number of carbonyl (C=O) groups excluding carboxylic acids is 2. The van der Waals surface area contributed by atoms with Gasteiger partial charge in [0.25, 0.3) is 0 Å². The fourth-order valence-corrected chi connectivity index (χ4v) is 1.89. The molecule has 1 rings (SSSR count). The lowest BCUT2D eigenvalue weighted by atomic mass is 10.3. The van der Waals surface area contributed by atoms with Crippen molar-refractivity contribution in [2.45, 2.75) is 19.8 Å². The second-order valence-electron chi connectivity index (χ2n) is 4.23. The van der Waals surface area contributed by atoms with E-state index in [1.165, 1.54) is 0 Å². The van der Waals surface area contributed by atoms with Gasteiger partial charge in [-0.2, -0.15) is 0 Å². The van der Waals surface area contributed by atoms with Gasteiger partial charge < -0.3 is 15.4 Å². The summed E-state index contributed by atoms with van der Waals surface area (Å²) in [7, 11) is 0. The lowest BCUT2D eigenvalue weighted by Gasteiger charge is -2.08. The van der Waals surface area contributed by atoms with E-state index in [9.17, 15) is 9.59 Å². The first-order valence-electron chi connectivity index (χ1n) is 6.64. The number of amides is 1. The van der Waals surface area contributed by atoms with Crippen LogP contribution in [0.25, 0.3) is 0 Å². The topological polar surface area (TPSA) is 67.4 Å². The Hall–Kier alpha value is -1.30. The standard InChI is InChI=1S/C14H18Cl2N2O3/c1-2-21-14(20)6-8-17-7-5-13(19)18-12-9-10(15)3-4-11(12)16/h3-4,9,17H,2,5-8H2,1H3,(H,18,19). The lowest BCUT2D eigenvalue weighted by molar-refractivity contribution is -0.142. The molecule has 1 aromatic carbocycles. The normalized spacial score (nSPS) is 10.2. The minimum absolute atomic E-state index is 0.178. The summed E-state index contributed by atoms with van der Waals surface area (Å²) in [6.45, 7) is 3.08. The van der Waals surface area contributed by atoms with Gasteiger partial charge in [-0.3, -0.25) is 9.59 Å². The Balaban J connectivity index is 2.22. The first kappa shape index (κ1) is 17.8. The molecule has 1 amide bonds. The molecule has 0 spiro atoms. The van der Waals surface area contributed by atoms with Crippen LogP contribution in [0.3, 0.4) is 0 Å². The van der Waals surface area contributed by atoms with Crippen molar-refractivity contribution in [1.29, 1.82) is 0 Å². The molecule has 0 unspecified atom stereocenters. The third-order valence-corrected chi connectivity index (χ3v) is 3.11. The molecular weight excluding hydrogens is 315 g/mol. The molecule has 0 heterocycles. The van der Waals surface area contributed by atoms with Gasteiger partial charge in [0.15, 0.2) is 0 Å². The molecule has 0 bridgehead atoms. The Morgan fingerprint density at radius 1 is 1.19 bits per heavy atom. The molecule has 1 aromatic rings. The zero-order valence-electron chi connectivity index (χ0n) is 11.7. The molecule has 7 heteroatoms. The quantitative estimate of drug-likeness (QED) is 0.567. The molecule has 0 radical (unpaired) electrons. The van der Waals surface area contributed by atoms with Crippen LogP contribution in [0.4, 0.5) is 5.69 Å². The number of benzene rings is 1. The summed E-state index contributed by atoms with van der Waals surface area (Å²) in [5, 5.41) is 6.62. The molecule has 5 nitrogen and oxygen atoms in total. The average molecular weight is 333 g/mol. The molecule has 0 fully saturated rings. The second-order valence-corrected chi connectivity index (χ2v) is 5.07. The molecule has 0 aliphatic rings. The van der Waals surface area contributed by atoms with Crippen LogP contribution in [0.1, 0.15) is 19.8 Å². The Labute approximate surface area is 133 Å². The van der Waals surface area contributed by atoms with Gasteiger partial charge >= 0.3 is 5.97 Å². The highest BCUT2D eigenvalue weighted by Crippen LogP contribution is 2.25. The first-order valence-corrected chi connectivity index (χ1v) is 7.39. The maximum Gasteiger partial charge on any atom is 0.307 e. The predicted octanol–water partition coefficient (Wildman–Crippen LogP) is 2.86. The lowest BCUT2D eigenvalue weighted by Crippen LogP contribution is -2.24. The summed E-state index contributed by atoms with van der Waals surface area (Å²) in [5.74, 6) is -0.428. The van der Waals surface area contributed by atoms with Gasteiger partial charge in [-0.1, -0.05) is 23.2 Å². The van der Waals surface area contributed by atoms with Gasteiger partial charge in [-0.05, 0) is 25.1 Å². The van der Waals surface area contributed by atoms with E-state index in [-0.39, 0.29) is 24.7 Å². The summed E-state index contributed by atoms with van der Waals surface area (Å²) in [5.41, 5.74) is 0.487. The Bertz CT molecular complexity index is 495. The summed E-state index contributed by atoms with van der Waals surface area (Å²) >= 11 is 11.8. The minimum Gasteiger partial charge on any atom is -0.466 e. The Morgan fingerprint density at radius 3 is 2.62 bits per heavy atom. The van der Waals surface area contributed by atoms with Crippen molar-refractivity contribution in [3.63, 3.8) is 0 Å². The van der Waals surface area contributed by atoms with E-state index in [1.54, 1.807) is 25.1 Å². The van der Waals surface area contributed by atoms with E-state index in [2.05, 4.69) is 10.6 Å². The number of ether oxygens (including phenoxy) is 1. The van der Waals surface area contributed by atoms with Crippen LogP contribution in [0, 0.1) is 0 Å². The molecule has 116 valence electrons. The van der Waals surface area contributed by atoms with Crippen molar-refractivity contribution in [1.82, 2.24) is 5.32 Å². The first-order chi connectivity index (χ1) is 10.0. The zero-order valence-corrected chi connectivity index (χ0v) is 13.3. The molecule has 0 atom stereocenters. The zero-order chi connectivity index (χ0) is 15.7. The predicted molar refractivity (Wildman–Crippen MR) is 83.8 cm³/mol.